The van der Waals surface area contributed by atoms with E-state index in [4.69, 9.17) is 13.9 Å². The highest BCUT2D eigenvalue weighted by atomic mass is 31.2. The zero-order chi connectivity index (χ0) is 28.8. The first-order valence-electron chi connectivity index (χ1n) is 15.9. The minimum atomic E-state index is -4.03. The van der Waals surface area contributed by atoms with E-state index in [1.807, 2.05) is 0 Å². The number of hydrogen-bond donors (Lipinski definition) is 1. The second-order valence-corrected chi connectivity index (χ2v) is 12.1. The first-order valence-corrected chi connectivity index (χ1v) is 17.4. The molecule has 1 saturated carbocycles. The Balaban J connectivity index is 1.74. The molecule has 0 aliphatic heterocycles. The summed E-state index contributed by atoms with van der Waals surface area (Å²) < 4.78 is 21.9. The third-order valence-electron chi connectivity index (χ3n) is 7.02. The van der Waals surface area contributed by atoms with Crippen molar-refractivity contribution in [3.63, 3.8) is 0 Å². The quantitative estimate of drug-likeness (QED) is 0.0355. The van der Waals surface area contributed by atoms with Crippen LogP contribution in [-0.2, 0) is 48.6 Å². The van der Waals surface area contributed by atoms with Gasteiger partial charge in [-0.25, -0.2) is 14.3 Å². The highest BCUT2D eigenvalue weighted by molar-refractivity contribution is 7.47. The molecular weight excluding hydrogens is 543 g/mol. The molecule has 0 aromatic heterocycles. The second-order valence-electron chi connectivity index (χ2n) is 10.7. The lowest BCUT2D eigenvalue weighted by atomic mass is 9.98. The highest BCUT2D eigenvalue weighted by Gasteiger charge is 2.20. The fourth-order valence-corrected chi connectivity index (χ4v) is 5.43. The van der Waals surface area contributed by atoms with Gasteiger partial charge in [-0.2, -0.15) is 0 Å². The van der Waals surface area contributed by atoms with Crippen LogP contribution in [0.25, 0.3) is 0 Å². The van der Waals surface area contributed by atoms with Crippen LogP contribution in [0.15, 0.2) is 0 Å². The lowest BCUT2D eigenvalue weighted by Gasteiger charge is -2.18. The van der Waals surface area contributed by atoms with Crippen LogP contribution in [0.5, 0.6) is 0 Å². The molecule has 0 radical (unpaired) electrons. The van der Waals surface area contributed by atoms with Gasteiger partial charge in [0.2, 0.25) is 0 Å². The third-order valence-corrected chi connectivity index (χ3v) is 8.03. The predicted molar refractivity (Wildman–Crippen MR) is 150 cm³/mol. The number of phosphoric ester groups is 1. The molecule has 0 bridgehead atoms. The van der Waals surface area contributed by atoms with Crippen LogP contribution >= 0.6 is 7.82 Å². The monoisotopic (exact) mass is 600 g/mol. The van der Waals surface area contributed by atoms with E-state index in [-0.39, 0.29) is 25.9 Å². The van der Waals surface area contributed by atoms with Gasteiger partial charge >= 0.3 is 7.82 Å². The zero-order valence-electron chi connectivity index (χ0n) is 24.9. The number of unbranched alkanes of at least 4 members (excludes halogenated alkanes) is 16. The van der Waals surface area contributed by atoms with Crippen molar-refractivity contribution in [2.45, 2.75) is 161 Å². The average Bonchev–Trinajstić information content (AvgIpc) is 2.95. The van der Waals surface area contributed by atoms with E-state index in [1.54, 1.807) is 0 Å². The molecule has 1 N–H and O–H groups in total. The molecule has 0 aromatic rings. The molecule has 1 aliphatic rings. The number of rotatable bonds is 31. The van der Waals surface area contributed by atoms with Gasteiger partial charge in [0.1, 0.15) is 0 Å². The molecule has 12 heteroatoms. The average molecular weight is 601 g/mol. The molecule has 0 amide bonds. The van der Waals surface area contributed by atoms with E-state index < -0.39 is 7.82 Å². The molecule has 11 nitrogen and oxygen atoms in total. The van der Waals surface area contributed by atoms with Crippen molar-refractivity contribution in [1.29, 1.82) is 0 Å². The van der Waals surface area contributed by atoms with Gasteiger partial charge in [0, 0.05) is 0 Å². The Bertz CT molecular complexity index is 564. The molecule has 0 heterocycles. The van der Waals surface area contributed by atoms with Gasteiger partial charge in [0.15, 0.2) is 0 Å². The van der Waals surface area contributed by atoms with E-state index in [1.165, 1.54) is 89.9 Å². The SMILES string of the molecule is CCCCCCCCCCCCCCCCCCOP(=O)(O)OCCCCOOOOOOOC1CCCCC1. The lowest BCUT2D eigenvalue weighted by Crippen LogP contribution is -2.17. The van der Waals surface area contributed by atoms with Crippen molar-refractivity contribution in [2.24, 2.45) is 0 Å². The summed E-state index contributed by atoms with van der Waals surface area (Å²) in [5.74, 6) is 0. The summed E-state index contributed by atoms with van der Waals surface area (Å²) in [6.45, 7) is 2.68. The van der Waals surface area contributed by atoms with Gasteiger partial charge in [0.05, 0.1) is 25.9 Å². The molecule has 0 saturated heterocycles. The highest BCUT2D eigenvalue weighted by Crippen LogP contribution is 2.43. The minimum absolute atomic E-state index is 0.0184. The van der Waals surface area contributed by atoms with Crippen molar-refractivity contribution in [3.8, 4) is 0 Å². The Kier molecular flexibility index (Phi) is 27.4. The number of phosphoric acid groups is 1. The van der Waals surface area contributed by atoms with Crippen LogP contribution in [0.3, 0.4) is 0 Å². The number of hydrogen-bond acceptors (Lipinski definition) is 10. The fourth-order valence-electron chi connectivity index (χ4n) is 4.63. The van der Waals surface area contributed by atoms with Crippen molar-refractivity contribution in [3.05, 3.63) is 0 Å². The van der Waals surface area contributed by atoms with Gasteiger partial charge in [-0.15, -0.1) is 0 Å². The van der Waals surface area contributed by atoms with E-state index in [2.05, 4.69) is 37.0 Å². The Hall–Kier alpha value is -0.170. The maximum Gasteiger partial charge on any atom is 0.472 e. The predicted octanol–water partition coefficient (Wildman–Crippen LogP) is 9.10. The largest absolute Gasteiger partial charge is 0.472 e. The summed E-state index contributed by atoms with van der Waals surface area (Å²) in [5.41, 5.74) is 0. The van der Waals surface area contributed by atoms with Gasteiger partial charge in [0.25, 0.3) is 0 Å². The van der Waals surface area contributed by atoms with Crippen molar-refractivity contribution in [2.75, 3.05) is 19.8 Å². The van der Waals surface area contributed by atoms with E-state index >= 15 is 0 Å². The maximum atomic E-state index is 11.9. The fraction of sp³-hybridized carbons (Fsp3) is 1.00. The standard InChI is InChI=1S/C28H57O11P/c1-2-3-4-5-6-7-8-9-10-11-12-13-14-15-16-20-26-32-40(29,30)33-27-22-21-25-31-35-37-39-38-36-34-28-23-18-17-19-24-28/h28H,2-27H2,1H3,(H,29,30). The molecule has 40 heavy (non-hydrogen) atoms. The van der Waals surface area contributed by atoms with Crippen LogP contribution < -0.4 is 0 Å². The van der Waals surface area contributed by atoms with Crippen LogP contribution in [0.2, 0.25) is 0 Å². The van der Waals surface area contributed by atoms with E-state index in [0.29, 0.717) is 12.8 Å². The van der Waals surface area contributed by atoms with Gasteiger partial charge in [-0.3, -0.25) is 9.05 Å². The van der Waals surface area contributed by atoms with Crippen LogP contribution in [0.1, 0.15) is 155 Å². The van der Waals surface area contributed by atoms with Crippen LogP contribution in [0, 0.1) is 0 Å². The third kappa shape index (κ3) is 26.7. The maximum absolute atomic E-state index is 11.9. The molecule has 240 valence electrons. The summed E-state index contributed by atoms with van der Waals surface area (Å²) in [7, 11) is -4.03. The smallest absolute Gasteiger partial charge is 0.302 e. The van der Waals surface area contributed by atoms with E-state index in [0.717, 1.165) is 44.9 Å². The second kappa shape index (κ2) is 28.9. The summed E-state index contributed by atoms with van der Waals surface area (Å²) in [6.07, 6.45) is 26.6. The summed E-state index contributed by atoms with van der Waals surface area (Å²) in [4.78, 5) is 19.4. The summed E-state index contributed by atoms with van der Waals surface area (Å²) in [6, 6.07) is 0. The summed E-state index contributed by atoms with van der Waals surface area (Å²) >= 11 is 0. The Morgan fingerprint density at radius 2 is 0.975 bits per heavy atom. The lowest BCUT2D eigenvalue weighted by molar-refractivity contribution is -0.792. The van der Waals surface area contributed by atoms with Crippen LogP contribution in [0.4, 0.5) is 0 Å². The Labute approximate surface area is 242 Å². The Morgan fingerprint density at radius 3 is 1.52 bits per heavy atom. The molecule has 1 fully saturated rings. The summed E-state index contributed by atoms with van der Waals surface area (Å²) in [5, 5.41) is 21.1. The molecule has 0 spiro atoms. The molecule has 1 unspecified atom stereocenters. The van der Waals surface area contributed by atoms with Crippen molar-refractivity contribution < 1.29 is 53.5 Å². The Morgan fingerprint density at radius 1 is 0.550 bits per heavy atom. The zero-order valence-corrected chi connectivity index (χ0v) is 25.8. The van der Waals surface area contributed by atoms with E-state index in [9.17, 15) is 9.46 Å². The van der Waals surface area contributed by atoms with Gasteiger partial charge in [-0.1, -0.05) is 122 Å². The molecular formula is C28H57O11P. The van der Waals surface area contributed by atoms with Gasteiger partial charge < -0.3 is 4.89 Å². The molecule has 1 aliphatic carbocycles. The van der Waals surface area contributed by atoms with Gasteiger partial charge in [-0.05, 0) is 57.3 Å². The van der Waals surface area contributed by atoms with Crippen molar-refractivity contribution in [1.82, 2.24) is 0 Å². The molecule has 1 atom stereocenters. The first-order chi connectivity index (χ1) is 19.6. The minimum Gasteiger partial charge on any atom is -0.302 e. The molecule has 0 aromatic carbocycles. The molecule has 1 rings (SSSR count). The normalized spacial score (nSPS) is 15.9. The van der Waals surface area contributed by atoms with Crippen LogP contribution in [-0.4, -0.2) is 30.8 Å². The topological polar surface area (TPSA) is 120 Å². The first kappa shape index (κ1) is 37.9. The van der Waals surface area contributed by atoms with Crippen molar-refractivity contribution >= 4 is 7.82 Å².